The van der Waals surface area contributed by atoms with Gasteiger partial charge in [-0.3, -0.25) is 9.69 Å². The number of piperidine rings is 1. The highest BCUT2D eigenvalue weighted by molar-refractivity contribution is 6.31. The maximum Gasteiger partial charge on any atom is 0.344 e. The van der Waals surface area contributed by atoms with Gasteiger partial charge in [0.05, 0.1) is 5.52 Å². The van der Waals surface area contributed by atoms with Crippen LogP contribution in [0.1, 0.15) is 31.7 Å². The van der Waals surface area contributed by atoms with Gasteiger partial charge in [0.2, 0.25) is 0 Å². The van der Waals surface area contributed by atoms with E-state index < -0.39 is 17.7 Å². The van der Waals surface area contributed by atoms with Gasteiger partial charge in [0.15, 0.2) is 0 Å². The molecule has 0 radical (unpaired) electrons. The highest BCUT2D eigenvalue weighted by atomic mass is 35.5. The Hall–Kier alpha value is -2.94. The third-order valence-electron chi connectivity index (χ3n) is 6.44. The first-order valence-corrected chi connectivity index (χ1v) is 11.4. The largest absolute Gasteiger partial charge is 0.358 e. The Morgan fingerprint density at radius 3 is 2.42 bits per heavy atom. The number of likely N-dealkylation sites (N-methyl/N-ethyl adjacent to an activating group) is 1. The zero-order valence-electron chi connectivity index (χ0n) is 18.2. The number of imide groups is 1. The van der Waals surface area contributed by atoms with Crippen molar-refractivity contribution >= 4 is 34.4 Å². The highest BCUT2D eigenvalue weighted by Gasteiger charge is 2.60. The molecule has 0 spiro atoms. The van der Waals surface area contributed by atoms with Gasteiger partial charge in [-0.05, 0) is 62.2 Å². The standard InChI is InChI=1S/C24H24ClFN4O3/c1-2-28-22(31)24(33,30(23(28)32)27-12-4-3-5-13-27)20-15-29(18-9-7-17(26)8-10-18)21-11-6-16(25)14-19(20)21/h6-11,14-15,33H,2-5,12-13H2,1H3. The summed E-state index contributed by atoms with van der Waals surface area (Å²) in [6.07, 6.45) is 4.39. The average Bonchev–Trinajstić information content (AvgIpc) is 3.28. The van der Waals surface area contributed by atoms with E-state index in [0.717, 1.165) is 24.2 Å². The van der Waals surface area contributed by atoms with E-state index in [-0.39, 0.29) is 17.9 Å². The first-order valence-electron chi connectivity index (χ1n) is 11.1. The number of halogens is 2. The summed E-state index contributed by atoms with van der Waals surface area (Å²) in [5.74, 6) is -1.07. The zero-order chi connectivity index (χ0) is 23.3. The number of nitrogens with zero attached hydrogens (tertiary/aromatic N) is 4. The van der Waals surface area contributed by atoms with Gasteiger partial charge in [-0.2, -0.15) is 0 Å². The maximum atomic E-state index is 13.5. The van der Waals surface area contributed by atoms with Gasteiger partial charge in [0.25, 0.3) is 11.6 Å². The molecule has 3 heterocycles. The van der Waals surface area contributed by atoms with Crippen molar-refractivity contribution in [1.29, 1.82) is 0 Å². The second kappa shape index (κ2) is 8.13. The van der Waals surface area contributed by atoms with E-state index in [1.165, 1.54) is 17.1 Å². The van der Waals surface area contributed by atoms with Crippen LogP contribution < -0.4 is 0 Å². The van der Waals surface area contributed by atoms with Crippen LogP contribution in [0.25, 0.3) is 16.6 Å². The van der Waals surface area contributed by atoms with Crippen LogP contribution in [0.3, 0.4) is 0 Å². The van der Waals surface area contributed by atoms with E-state index in [1.54, 1.807) is 53.0 Å². The molecule has 2 aliphatic heterocycles. The topological polar surface area (TPSA) is 69.0 Å². The summed E-state index contributed by atoms with van der Waals surface area (Å²) in [6.45, 7) is 2.97. The SMILES string of the molecule is CCN1C(=O)N(N2CCCCC2)C(O)(c2cn(-c3ccc(F)cc3)c3ccc(Cl)cc23)C1=O. The molecule has 2 saturated heterocycles. The van der Waals surface area contributed by atoms with E-state index in [2.05, 4.69) is 0 Å². The summed E-state index contributed by atoms with van der Waals surface area (Å²) in [5, 5.41) is 16.0. The molecule has 2 aliphatic rings. The number of urea groups is 1. The number of aliphatic hydroxyl groups is 1. The summed E-state index contributed by atoms with van der Waals surface area (Å²) < 4.78 is 15.3. The number of aromatic nitrogens is 1. The summed E-state index contributed by atoms with van der Waals surface area (Å²) >= 11 is 6.30. The molecule has 1 N–H and O–H groups in total. The van der Waals surface area contributed by atoms with Crippen LogP contribution in [-0.4, -0.2) is 56.2 Å². The second-order valence-corrected chi connectivity index (χ2v) is 8.82. The third-order valence-corrected chi connectivity index (χ3v) is 6.68. The van der Waals surface area contributed by atoms with Gasteiger partial charge in [0, 0.05) is 47.5 Å². The minimum atomic E-state index is -2.22. The number of fused-ring (bicyclic) bond motifs is 1. The van der Waals surface area contributed by atoms with Crippen LogP contribution in [0.2, 0.25) is 5.02 Å². The Morgan fingerprint density at radius 1 is 1.06 bits per heavy atom. The monoisotopic (exact) mass is 470 g/mol. The molecule has 0 aliphatic carbocycles. The van der Waals surface area contributed by atoms with Crippen molar-refractivity contribution in [2.75, 3.05) is 19.6 Å². The first-order chi connectivity index (χ1) is 15.9. The van der Waals surface area contributed by atoms with Crippen molar-refractivity contribution in [1.82, 2.24) is 19.5 Å². The van der Waals surface area contributed by atoms with Crippen LogP contribution in [0, 0.1) is 5.82 Å². The van der Waals surface area contributed by atoms with Crippen LogP contribution in [0.5, 0.6) is 0 Å². The van der Waals surface area contributed by atoms with Crippen molar-refractivity contribution in [3.8, 4) is 5.69 Å². The van der Waals surface area contributed by atoms with Gasteiger partial charge in [0.1, 0.15) is 5.82 Å². The van der Waals surface area contributed by atoms with Crippen LogP contribution in [0.4, 0.5) is 9.18 Å². The summed E-state index contributed by atoms with van der Waals surface area (Å²) in [4.78, 5) is 27.9. The zero-order valence-corrected chi connectivity index (χ0v) is 18.9. The lowest BCUT2D eigenvalue weighted by atomic mass is 10.0. The fraction of sp³-hybridized carbons (Fsp3) is 0.333. The minimum Gasteiger partial charge on any atom is -0.358 e. The third kappa shape index (κ3) is 3.32. The van der Waals surface area contributed by atoms with Crippen LogP contribution in [-0.2, 0) is 10.5 Å². The number of hydrogen-bond donors (Lipinski definition) is 1. The lowest BCUT2D eigenvalue weighted by molar-refractivity contribution is -0.185. The molecule has 1 unspecified atom stereocenters. The Bertz CT molecular complexity index is 1240. The lowest BCUT2D eigenvalue weighted by Crippen LogP contribution is -2.57. The number of amides is 3. The molecule has 33 heavy (non-hydrogen) atoms. The predicted octanol–water partition coefficient (Wildman–Crippen LogP) is 4.25. The normalized spacial score (nSPS) is 22.1. The van der Waals surface area contributed by atoms with Gasteiger partial charge in [-0.25, -0.2) is 19.2 Å². The highest BCUT2D eigenvalue weighted by Crippen LogP contribution is 2.42. The molecule has 0 bridgehead atoms. The van der Waals surface area contributed by atoms with Gasteiger partial charge in [-0.1, -0.05) is 18.0 Å². The summed E-state index contributed by atoms with van der Waals surface area (Å²) in [7, 11) is 0. The molecule has 1 aromatic heterocycles. The number of hydrogen-bond acceptors (Lipinski definition) is 4. The molecule has 0 saturated carbocycles. The molecule has 9 heteroatoms. The summed E-state index contributed by atoms with van der Waals surface area (Å²) in [5.41, 5.74) is -0.654. The molecule has 1 atom stereocenters. The first kappa shape index (κ1) is 21.9. The summed E-state index contributed by atoms with van der Waals surface area (Å²) in [6, 6.07) is 10.5. The fourth-order valence-corrected chi connectivity index (χ4v) is 5.00. The molecule has 2 aromatic carbocycles. The van der Waals surface area contributed by atoms with Gasteiger partial charge >= 0.3 is 6.03 Å². The number of hydrazine groups is 1. The number of carbonyl (C=O) groups excluding carboxylic acids is 2. The minimum absolute atomic E-state index is 0.141. The molecular weight excluding hydrogens is 447 g/mol. The Balaban J connectivity index is 1.75. The van der Waals surface area contributed by atoms with Crippen molar-refractivity contribution in [2.45, 2.75) is 31.9 Å². The Kier molecular flexibility index (Phi) is 5.39. The molecule has 2 fully saturated rings. The van der Waals surface area contributed by atoms with Crippen LogP contribution in [0.15, 0.2) is 48.7 Å². The van der Waals surface area contributed by atoms with E-state index in [9.17, 15) is 19.1 Å². The van der Waals surface area contributed by atoms with E-state index in [4.69, 9.17) is 11.6 Å². The van der Waals surface area contributed by atoms with Gasteiger partial charge in [-0.15, -0.1) is 0 Å². The van der Waals surface area contributed by atoms with Crippen molar-refractivity contribution in [2.24, 2.45) is 0 Å². The molecule has 5 rings (SSSR count). The van der Waals surface area contributed by atoms with E-state index >= 15 is 0 Å². The van der Waals surface area contributed by atoms with E-state index in [1.807, 2.05) is 0 Å². The van der Waals surface area contributed by atoms with Crippen LogP contribution >= 0.6 is 11.6 Å². The number of rotatable bonds is 4. The molecular formula is C24H24ClFN4O3. The number of benzene rings is 2. The molecule has 172 valence electrons. The molecule has 7 nitrogen and oxygen atoms in total. The molecule has 3 amide bonds. The van der Waals surface area contributed by atoms with Crippen molar-refractivity contribution in [3.63, 3.8) is 0 Å². The quantitative estimate of drug-likeness (QED) is 0.579. The maximum absolute atomic E-state index is 13.5. The smallest absolute Gasteiger partial charge is 0.344 e. The Morgan fingerprint density at radius 2 is 1.76 bits per heavy atom. The van der Waals surface area contributed by atoms with E-state index in [0.29, 0.717) is 34.7 Å². The number of carbonyl (C=O) groups is 2. The Labute approximate surface area is 195 Å². The average molecular weight is 471 g/mol. The van der Waals surface area contributed by atoms with Gasteiger partial charge < -0.3 is 9.67 Å². The molecule has 3 aromatic rings. The second-order valence-electron chi connectivity index (χ2n) is 8.38. The fourth-order valence-electron chi connectivity index (χ4n) is 4.82. The predicted molar refractivity (Wildman–Crippen MR) is 122 cm³/mol. The van der Waals surface area contributed by atoms with Crippen molar-refractivity contribution in [3.05, 3.63) is 65.1 Å². The van der Waals surface area contributed by atoms with Crippen molar-refractivity contribution < 1.29 is 19.1 Å². The lowest BCUT2D eigenvalue weighted by Gasteiger charge is -2.40.